The first-order chi connectivity index (χ1) is 7.51. The summed E-state index contributed by atoms with van der Waals surface area (Å²) in [7, 11) is 2.17. The van der Waals surface area contributed by atoms with Gasteiger partial charge in [0.05, 0.1) is 25.3 Å². The third kappa shape index (κ3) is 2.23. The zero-order valence-corrected chi connectivity index (χ0v) is 8.46. The molecule has 0 fully saturated rings. The van der Waals surface area contributed by atoms with Gasteiger partial charge >= 0.3 is 5.97 Å². The van der Waals surface area contributed by atoms with Crippen LogP contribution in [0.15, 0.2) is 6.07 Å². The van der Waals surface area contributed by atoms with Crippen LogP contribution in [-0.4, -0.2) is 25.2 Å². The number of carbonyl (C=O) groups is 1. The number of hydrogen-bond acceptors (Lipinski definition) is 4. The first kappa shape index (κ1) is 12.3. The van der Waals surface area contributed by atoms with Gasteiger partial charge in [-0.1, -0.05) is 0 Å². The lowest BCUT2D eigenvalue weighted by Gasteiger charge is -2.09. The SMILES string of the molecule is COC(=O)c1cc(OC)nc(F)c1C(F)F. The van der Waals surface area contributed by atoms with Gasteiger partial charge in [-0.2, -0.15) is 9.37 Å². The second-order valence-corrected chi connectivity index (χ2v) is 2.71. The van der Waals surface area contributed by atoms with E-state index in [2.05, 4.69) is 14.5 Å². The van der Waals surface area contributed by atoms with Gasteiger partial charge in [-0.15, -0.1) is 0 Å². The fraction of sp³-hybridized carbons (Fsp3) is 0.333. The highest BCUT2D eigenvalue weighted by atomic mass is 19.3. The number of alkyl halides is 2. The van der Waals surface area contributed by atoms with Crippen molar-refractivity contribution in [3.63, 3.8) is 0 Å². The second kappa shape index (κ2) is 4.82. The number of carbonyl (C=O) groups excluding carboxylic acids is 1. The van der Waals surface area contributed by atoms with Gasteiger partial charge in [-0.25, -0.2) is 13.6 Å². The Bertz CT molecular complexity index is 409. The molecule has 0 spiro atoms. The number of pyridine rings is 1. The molecular formula is C9H8F3NO3. The third-order valence-corrected chi connectivity index (χ3v) is 1.82. The molecule has 0 atom stereocenters. The minimum atomic E-state index is -3.16. The van der Waals surface area contributed by atoms with E-state index in [1.165, 1.54) is 7.11 Å². The minimum absolute atomic E-state index is 0.276. The lowest BCUT2D eigenvalue weighted by atomic mass is 10.1. The predicted molar refractivity (Wildman–Crippen MR) is 47.0 cm³/mol. The highest BCUT2D eigenvalue weighted by Crippen LogP contribution is 2.28. The van der Waals surface area contributed by atoms with Gasteiger partial charge in [0.25, 0.3) is 6.43 Å². The fourth-order valence-electron chi connectivity index (χ4n) is 1.09. The molecule has 0 aromatic carbocycles. The number of hydrogen-bond donors (Lipinski definition) is 0. The topological polar surface area (TPSA) is 48.4 Å². The van der Waals surface area contributed by atoms with Gasteiger partial charge in [-0.3, -0.25) is 0 Å². The Hall–Kier alpha value is -1.79. The van der Waals surface area contributed by atoms with E-state index < -0.39 is 29.5 Å². The molecule has 1 heterocycles. The van der Waals surface area contributed by atoms with E-state index in [9.17, 15) is 18.0 Å². The van der Waals surface area contributed by atoms with Crippen molar-refractivity contribution in [3.05, 3.63) is 23.1 Å². The molecule has 0 radical (unpaired) electrons. The number of aromatic nitrogens is 1. The Kier molecular flexibility index (Phi) is 3.70. The van der Waals surface area contributed by atoms with Crippen LogP contribution in [-0.2, 0) is 4.74 Å². The van der Waals surface area contributed by atoms with Gasteiger partial charge in [-0.05, 0) is 0 Å². The number of ether oxygens (including phenoxy) is 2. The summed E-state index contributed by atoms with van der Waals surface area (Å²) < 4.78 is 47.0. The van der Waals surface area contributed by atoms with Crippen molar-refractivity contribution in [1.29, 1.82) is 0 Å². The summed E-state index contributed by atoms with van der Waals surface area (Å²) in [4.78, 5) is 14.3. The first-order valence-electron chi connectivity index (χ1n) is 4.12. The van der Waals surface area contributed by atoms with Crippen LogP contribution in [0.2, 0.25) is 0 Å². The van der Waals surface area contributed by atoms with Crippen LogP contribution in [0.1, 0.15) is 22.3 Å². The summed E-state index contributed by atoms with van der Waals surface area (Å²) in [6.07, 6.45) is -3.16. The van der Waals surface area contributed by atoms with Crippen molar-refractivity contribution in [1.82, 2.24) is 4.98 Å². The third-order valence-electron chi connectivity index (χ3n) is 1.82. The van der Waals surface area contributed by atoms with E-state index in [4.69, 9.17) is 0 Å². The molecule has 0 saturated carbocycles. The van der Waals surface area contributed by atoms with E-state index in [0.29, 0.717) is 0 Å². The predicted octanol–water partition coefficient (Wildman–Crippen LogP) is 1.95. The largest absolute Gasteiger partial charge is 0.481 e. The normalized spacial score (nSPS) is 10.4. The van der Waals surface area contributed by atoms with Crippen LogP contribution in [0, 0.1) is 5.95 Å². The van der Waals surface area contributed by atoms with Gasteiger partial charge in [0, 0.05) is 6.07 Å². The maximum absolute atomic E-state index is 13.2. The monoisotopic (exact) mass is 235 g/mol. The minimum Gasteiger partial charge on any atom is -0.481 e. The quantitative estimate of drug-likeness (QED) is 0.593. The van der Waals surface area contributed by atoms with Crippen molar-refractivity contribution in [2.45, 2.75) is 6.43 Å². The molecule has 0 saturated heterocycles. The average molecular weight is 235 g/mol. The van der Waals surface area contributed by atoms with E-state index >= 15 is 0 Å². The van der Waals surface area contributed by atoms with Crippen LogP contribution < -0.4 is 4.74 Å². The molecular weight excluding hydrogens is 227 g/mol. The van der Waals surface area contributed by atoms with Crippen LogP contribution in [0.25, 0.3) is 0 Å². The molecule has 0 bridgehead atoms. The average Bonchev–Trinajstić information content (AvgIpc) is 2.26. The first-order valence-corrected chi connectivity index (χ1v) is 4.12. The maximum atomic E-state index is 13.2. The van der Waals surface area contributed by atoms with Crippen LogP contribution >= 0.6 is 0 Å². The van der Waals surface area contributed by atoms with E-state index in [-0.39, 0.29) is 5.88 Å². The van der Waals surface area contributed by atoms with Crippen molar-refractivity contribution in [2.75, 3.05) is 14.2 Å². The molecule has 88 valence electrons. The molecule has 0 N–H and O–H groups in total. The number of rotatable bonds is 3. The van der Waals surface area contributed by atoms with Gasteiger partial charge in [0.1, 0.15) is 0 Å². The molecule has 0 aliphatic carbocycles. The second-order valence-electron chi connectivity index (χ2n) is 2.71. The van der Waals surface area contributed by atoms with Gasteiger partial charge in [0.2, 0.25) is 11.8 Å². The van der Waals surface area contributed by atoms with Crippen molar-refractivity contribution in [2.24, 2.45) is 0 Å². The zero-order chi connectivity index (χ0) is 12.3. The number of esters is 1. The van der Waals surface area contributed by atoms with E-state index in [1.807, 2.05) is 0 Å². The lowest BCUT2D eigenvalue weighted by molar-refractivity contribution is 0.0585. The summed E-state index contributed by atoms with van der Waals surface area (Å²) in [5.41, 5.74) is -1.69. The standard InChI is InChI=1S/C9H8F3NO3/c1-15-5-3-4(9(14)16-2)6(7(10)11)8(12)13-5/h3,7H,1-2H3. The van der Waals surface area contributed by atoms with Crippen LogP contribution in [0.4, 0.5) is 13.2 Å². The van der Waals surface area contributed by atoms with E-state index in [1.54, 1.807) is 0 Å². The Balaban J connectivity index is 3.40. The Morgan fingerprint density at radius 1 is 1.44 bits per heavy atom. The summed E-state index contributed by atoms with van der Waals surface area (Å²) in [5.74, 6) is -2.80. The highest BCUT2D eigenvalue weighted by molar-refractivity contribution is 5.91. The molecule has 0 aliphatic rings. The van der Waals surface area contributed by atoms with Crippen molar-refractivity contribution in [3.8, 4) is 5.88 Å². The fourth-order valence-corrected chi connectivity index (χ4v) is 1.09. The zero-order valence-electron chi connectivity index (χ0n) is 8.46. The Morgan fingerprint density at radius 2 is 2.06 bits per heavy atom. The van der Waals surface area contributed by atoms with Crippen molar-refractivity contribution < 1.29 is 27.4 Å². The summed E-state index contributed by atoms with van der Waals surface area (Å²) in [5, 5.41) is 0. The van der Waals surface area contributed by atoms with Crippen LogP contribution in [0.3, 0.4) is 0 Å². The molecule has 7 heteroatoms. The lowest BCUT2D eigenvalue weighted by Crippen LogP contribution is -2.10. The molecule has 1 aromatic heterocycles. The smallest absolute Gasteiger partial charge is 0.338 e. The number of methoxy groups -OCH3 is 2. The molecule has 1 aromatic rings. The number of nitrogens with zero attached hydrogens (tertiary/aromatic N) is 1. The van der Waals surface area contributed by atoms with Crippen molar-refractivity contribution >= 4 is 5.97 Å². The van der Waals surface area contributed by atoms with E-state index in [0.717, 1.165) is 13.2 Å². The molecule has 16 heavy (non-hydrogen) atoms. The number of halogens is 3. The Labute approximate surface area is 89.0 Å². The molecule has 4 nitrogen and oxygen atoms in total. The molecule has 0 amide bonds. The summed E-state index contributed by atoms with van der Waals surface area (Å²) in [6, 6.07) is 0.899. The van der Waals surface area contributed by atoms with Gasteiger partial charge in [0.15, 0.2) is 0 Å². The molecule has 0 unspecified atom stereocenters. The van der Waals surface area contributed by atoms with Crippen LogP contribution in [0.5, 0.6) is 5.88 Å². The Morgan fingerprint density at radius 3 is 2.50 bits per heavy atom. The van der Waals surface area contributed by atoms with Gasteiger partial charge < -0.3 is 9.47 Å². The summed E-state index contributed by atoms with van der Waals surface area (Å²) in [6.45, 7) is 0. The molecule has 1 rings (SSSR count). The molecule has 0 aliphatic heterocycles. The summed E-state index contributed by atoms with van der Waals surface area (Å²) >= 11 is 0. The highest BCUT2D eigenvalue weighted by Gasteiger charge is 2.25. The maximum Gasteiger partial charge on any atom is 0.338 e.